The number of allylic oxidation sites excluding steroid dienone is 3. The molecule has 0 heterocycles. The van der Waals surface area contributed by atoms with Crippen molar-refractivity contribution >= 4 is 40.4 Å². The molecule has 0 bridgehead atoms. The van der Waals surface area contributed by atoms with Crippen LogP contribution in [-0.2, 0) is 0 Å². The lowest BCUT2D eigenvalue weighted by Crippen LogP contribution is -2.23. The normalized spacial score (nSPS) is 21.0. The highest BCUT2D eigenvalue weighted by atomic mass is 35.5. The predicted molar refractivity (Wildman–Crippen MR) is 101 cm³/mol. The molecule has 118 valence electrons. The smallest absolute Gasteiger partial charge is 0.0988 e. The van der Waals surface area contributed by atoms with Gasteiger partial charge in [-0.05, 0) is 47.9 Å². The topological polar surface area (TPSA) is 12.0 Å². The first-order valence-electron chi connectivity index (χ1n) is 7.55. The van der Waals surface area contributed by atoms with Crippen molar-refractivity contribution in [3.05, 3.63) is 58.1 Å². The maximum absolute atomic E-state index is 6.06. The number of thiocarbonyl (C=S) groups is 1. The lowest BCUT2D eigenvalue weighted by molar-refractivity contribution is 0.628. The van der Waals surface area contributed by atoms with Crippen LogP contribution in [0.3, 0.4) is 0 Å². The van der Waals surface area contributed by atoms with E-state index in [4.69, 9.17) is 35.4 Å². The Hall–Kier alpha value is -0.830. The van der Waals surface area contributed by atoms with Gasteiger partial charge in [0.05, 0.1) is 15.0 Å². The Morgan fingerprint density at radius 3 is 2.77 bits per heavy atom. The molecular weight excluding hydrogens is 333 g/mol. The van der Waals surface area contributed by atoms with E-state index in [0.29, 0.717) is 27.8 Å². The number of hydrogen-bond acceptors (Lipinski definition) is 1. The Bertz CT molecular complexity index is 593. The molecule has 0 spiro atoms. The average Bonchev–Trinajstić information content (AvgIpc) is 3.24. The van der Waals surface area contributed by atoms with Gasteiger partial charge in [0.2, 0.25) is 0 Å². The lowest BCUT2D eigenvalue weighted by Gasteiger charge is -2.06. The SMILES string of the molecule is CC(C)CNC(=S)C=CC=C[C@@H]1C[C@H]1c1ccc(Cl)c(Cl)c1. The third-order valence-electron chi connectivity index (χ3n) is 3.61. The average molecular weight is 354 g/mol. The zero-order valence-electron chi connectivity index (χ0n) is 12.9. The molecule has 0 radical (unpaired) electrons. The number of hydrogen-bond donors (Lipinski definition) is 1. The van der Waals surface area contributed by atoms with Gasteiger partial charge in [0, 0.05) is 6.54 Å². The summed E-state index contributed by atoms with van der Waals surface area (Å²) >= 11 is 17.2. The first kappa shape index (κ1) is 17.5. The third kappa shape index (κ3) is 5.42. The Balaban J connectivity index is 1.78. The van der Waals surface area contributed by atoms with E-state index in [1.165, 1.54) is 12.0 Å². The molecule has 4 heteroatoms. The summed E-state index contributed by atoms with van der Waals surface area (Å²) in [4.78, 5) is 0.787. The maximum atomic E-state index is 6.06. The molecule has 0 aliphatic heterocycles. The third-order valence-corrected chi connectivity index (χ3v) is 4.63. The van der Waals surface area contributed by atoms with Gasteiger partial charge in [-0.15, -0.1) is 0 Å². The number of benzene rings is 1. The molecular formula is C18H21Cl2NS. The van der Waals surface area contributed by atoms with Crippen LogP contribution in [0.2, 0.25) is 10.0 Å². The minimum Gasteiger partial charge on any atom is -0.376 e. The van der Waals surface area contributed by atoms with Gasteiger partial charge in [-0.2, -0.15) is 0 Å². The summed E-state index contributed by atoms with van der Waals surface area (Å²) in [5.41, 5.74) is 1.27. The van der Waals surface area contributed by atoms with Crippen molar-refractivity contribution in [3.63, 3.8) is 0 Å². The Morgan fingerprint density at radius 2 is 2.09 bits per heavy atom. The first-order valence-corrected chi connectivity index (χ1v) is 8.71. The molecule has 0 amide bonds. The molecule has 1 aromatic rings. The molecule has 1 saturated carbocycles. The number of halogens is 2. The molecule has 0 unspecified atom stereocenters. The van der Waals surface area contributed by atoms with Crippen LogP contribution in [0.15, 0.2) is 42.5 Å². The molecule has 1 nitrogen and oxygen atoms in total. The summed E-state index contributed by atoms with van der Waals surface area (Å²) < 4.78 is 0. The van der Waals surface area contributed by atoms with Gasteiger partial charge >= 0.3 is 0 Å². The monoisotopic (exact) mass is 353 g/mol. The van der Waals surface area contributed by atoms with Gasteiger partial charge in [0.25, 0.3) is 0 Å². The minimum atomic E-state index is 0.561. The maximum Gasteiger partial charge on any atom is 0.0988 e. The van der Waals surface area contributed by atoms with Crippen molar-refractivity contribution in [1.29, 1.82) is 0 Å². The fourth-order valence-corrected chi connectivity index (χ4v) is 2.74. The fourth-order valence-electron chi connectivity index (χ4n) is 2.27. The fraction of sp³-hybridized carbons (Fsp3) is 0.389. The van der Waals surface area contributed by atoms with Crippen molar-refractivity contribution in [3.8, 4) is 0 Å². The molecule has 0 aromatic heterocycles. The predicted octanol–water partition coefficient (Wildman–Crippen LogP) is 5.78. The van der Waals surface area contributed by atoms with E-state index in [2.05, 4.69) is 37.4 Å². The molecule has 1 fully saturated rings. The van der Waals surface area contributed by atoms with Crippen molar-refractivity contribution in [2.45, 2.75) is 26.2 Å². The number of nitrogens with one attached hydrogen (secondary N) is 1. The zero-order valence-corrected chi connectivity index (χ0v) is 15.2. The zero-order chi connectivity index (χ0) is 16.1. The number of rotatable bonds is 6. The van der Waals surface area contributed by atoms with Crippen LogP contribution in [-0.4, -0.2) is 11.5 Å². The second kappa shape index (κ2) is 8.14. The molecule has 2 rings (SSSR count). The molecule has 1 aromatic carbocycles. The highest BCUT2D eigenvalue weighted by Crippen LogP contribution is 2.49. The molecule has 1 aliphatic carbocycles. The largest absolute Gasteiger partial charge is 0.376 e. The summed E-state index contributed by atoms with van der Waals surface area (Å²) in [6.45, 7) is 5.24. The van der Waals surface area contributed by atoms with Gasteiger partial charge in [-0.1, -0.05) is 73.6 Å². The standard InChI is InChI=1S/C18H21Cl2NS/c1-12(2)11-21-18(22)6-4-3-5-13-9-15(13)14-7-8-16(19)17(20)10-14/h3-8,10,12-13,15H,9,11H2,1-2H3,(H,21,22)/t13-,15-/m1/s1. The molecule has 22 heavy (non-hydrogen) atoms. The van der Waals surface area contributed by atoms with Crippen LogP contribution in [0, 0.1) is 11.8 Å². The summed E-state index contributed by atoms with van der Waals surface area (Å²) in [6, 6.07) is 5.91. The molecule has 2 atom stereocenters. The van der Waals surface area contributed by atoms with E-state index < -0.39 is 0 Å². The van der Waals surface area contributed by atoms with Crippen molar-refractivity contribution in [1.82, 2.24) is 5.32 Å². The van der Waals surface area contributed by atoms with Crippen molar-refractivity contribution in [2.75, 3.05) is 6.54 Å². The lowest BCUT2D eigenvalue weighted by atomic mass is 10.1. The summed E-state index contributed by atoms with van der Waals surface area (Å²) in [5.74, 6) is 1.74. The van der Waals surface area contributed by atoms with E-state index in [1.807, 2.05) is 24.3 Å². The van der Waals surface area contributed by atoms with E-state index in [1.54, 1.807) is 0 Å². The first-order chi connectivity index (χ1) is 10.5. The van der Waals surface area contributed by atoms with E-state index >= 15 is 0 Å². The second-order valence-electron chi connectivity index (χ2n) is 6.06. The molecule has 1 N–H and O–H groups in total. The highest BCUT2D eigenvalue weighted by Gasteiger charge is 2.36. The van der Waals surface area contributed by atoms with Crippen LogP contribution >= 0.6 is 35.4 Å². The van der Waals surface area contributed by atoms with E-state index in [0.717, 1.165) is 11.5 Å². The Kier molecular flexibility index (Phi) is 6.49. The van der Waals surface area contributed by atoms with Crippen LogP contribution in [0.25, 0.3) is 0 Å². The van der Waals surface area contributed by atoms with Crippen LogP contribution in [0.4, 0.5) is 0 Å². The minimum absolute atomic E-state index is 0.561. The van der Waals surface area contributed by atoms with Crippen LogP contribution in [0.5, 0.6) is 0 Å². The van der Waals surface area contributed by atoms with Crippen molar-refractivity contribution in [2.24, 2.45) is 11.8 Å². The Labute approximate surface area is 148 Å². The van der Waals surface area contributed by atoms with Gasteiger partial charge in [-0.3, -0.25) is 0 Å². The van der Waals surface area contributed by atoms with Gasteiger partial charge in [0.15, 0.2) is 0 Å². The van der Waals surface area contributed by atoms with Gasteiger partial charge in [-0.25, -0.2) is 0 Å². The summed E-state index contributed by atoms with van der Waals surface area (Å²) in [7, 11) is 0. The quantitative estimate of drug-likeness (QED) is 0.395. The van der Waals surface area contributed by atoms with Crippen molar-refractivity contribution < 1.29 is 0 Å². The Morgan fingerprint density at radius 1 is 1.32 bits per heavy atom. The summed E-state index contributed by atoms with van der Waals surface area (Å²) in [6.07, 6.45) is 9.41. The van der Waals surface area contributed by atoms with Crippen LogP contribution in [0.1, 0.15) is 31.7 Å². The van der Waals surface area contributed by atoms with Gasteiger partial charge < -0.3 is 5.32 Å². The summed E-state index contributed by atoms with van der Waals surface area (Å²) in [5, 5.41) is 4.46. The molecule has 0 saturated heterocycles. The van der Waals surface area contributed by atoms with Crippen LogP contribution < -0.4 is 5.32 Å². The van der Waals surface area contributed by atoms with E-state index in [9.17, 15) is 0 Å². The highest BCUT2D eigenvalue weighted by molar-refractivity contribution is 7.80. The van der Waals surface area contributed by atoms with Gasteiger partial charge in [0.1, 0.15) is 0 Å². The van der Waals surface area contributed by atoms with E-state index in [-0.39, 0.29) is 0 Å². The molecule has 1 aliphatic rings. The second-order valence-corrected chi connectivity index (χ2v) is 7.32.